The molecular weight excluding hydrogens is 434 g/mol. The lowest BCUT2D eigenvalue weighted by Crippen LogP contribution is -2.50. The Hall–Kier alpha value is -3.68. The smallest absolute Gasteiger partial charge is 0.325 e. The summed E-state index contributed by atoms with van der Waals surface area (Å²) in [5, 5.41) is 5.40. The molecule has 0 aliphatic carbocycles. The highest BCUT2D eigenvalue weighted by atomic mass is 16.5. The molecule has 0 bridgehead atoms. The summed E-state index contributed by atoms with van der Waals surface area (Å²) in [6.45, 7) is 4.21. The molecule has 3 amide bonds. The minimum absolute atomic E-state index is 0.0297. The summed E-state index contributed by atoms with van der Waals surface area (Å²) in [5.74, 6) is -0.890. The largest absolute Gasteiger partial charge is 0.468 e. The lowest BCUT2D eigenvalue weighted by Gasteiger charge is -2.36. The molecule has 0 spiro atoms. The predicted molar refractivity (Wildman–Crippen MR) is 128 cm³/mol. The van der Waals surface area contributed by atoms with E-state index in [1.165, 1.54) is 7.11 Å². The van der Waals surface area contributed by atoms with Gasteiger partial charge in [-0.25, -0.2) is 0 Å². The van der Waals surface area contributed by atoms with Crippen molar-refractivity contribution in [2.75, 3.05) is 19.0 Å². The number of benzene rings is 2. The van der Waals surface area contributed by atoms with Gasteiger partial charge in [-0.15, -0.1) is 0 Å². The van der Waals surface area contributed by atoms with Crippen molar-refractivity contribution < 1.29 is 23.9 Å². The molecule has 34 heavy (non-hydrogen) atoms. The normalized spacial score (nSPS) is 14.8. The number of fused-ring (bicyclic) bond motifs is 1. The van der Waals surface area contributed by atoms with E-state index in [9.17, 15) is 19.2 Å². The molecule has 8 nitrogen and oxygen atoms in total. The van der Waals surface area contributed by atoms with Gasteiger partial charge in [0.25, 0.3) is 0 Å². The number of nitrogens with zero attached hydrogens (tertiary/aromatic N) is 1. The molecule has 2 aromatic carbocycles. The van der Waals surface area contributed by atoms with Crippen molar-refractivity contribution >= 4 is 29.4 Å². The Morgan fingerprint density at radius 3 is 2.35 bits per heavy atom. The zero-order chi connectivity index (χ0) is 24.7. The summed E-state index contributed by atoms with van der Waals surface area (Å²) >= 11 is 0. The van der Waals surface area contributed by atoms with E-state index < -0.39 is 12.0 Å². The van der Waals surface area contributed by atoms with Crippen LogP contribution in [0.15, 0.2) is 48.5 Å². The summed E-state index contributed by atoms with van der Waals surface area (Å²) in [6.07, 6.45) is 0.949. The Labute approximate surface area is 199 Å². The number of hydrogen-bond donors (Lipinski definition) is 2. The van der Waals surface area contributed by atoms with Crippen LogP contribution in [-0.4, -0.2) is 48.3 Å². The molecule has 0 saturated heterocycles. The van der Waals surface area contributed by atoms with Crippen LogP contribution in [0.4, 0.5) is 5.69 Å². The van der Waals surface area contributed by atoms with Gasteiger partial charge in [0, 0.05) is 25.1 Å². The first kappa shape index (κ1) is 25.0. The summed E-state index contributed by atoms with van der Waals surface area (Å²) in [4.78, 5) is 50.9. The Morgan fingerprint density at radius 1 is 1.03 bits per heavy atom. The van der Waals surface area contributed by atoms with Crippen LogP contribution >= 0.6 is 0 Å². The number of carbonyl (C=O) groups is 4. The second kappa shape index (κ2) is 11.4. The van der Waals surface area contributed by atoms with E-state index in [-0.39, 0.29) is 36.6 Å². The van der Waals surface area contributed by atoms with Crippen molar-refractivity contribution in [3.05, 3.63) is 65.2 Å². The number of rotatable bonds is 8. The average molecular weight is 466 g/mol. The third-order valence-electron chi connectivity index (χ3n) is 5.70. The van der Waals surface area contributed by atoms with Gasteiger partial charge in [-0.2, -0.15) is 0 Å². The Kier molecular flexibility index (Phi) is 8.40. The fourth-order valence-electron chi connectivity index (χ4n) is 3.91. The number of hydrogen-bond acceptors (Lipinski definition) is 5. The fraction of sp³-hybridized carbons (Fsp3) is 0.385. The van der Waals surface area contributed by atoms with E-state index in [1.54, 1.807) is 29.2 Å². The molecule has 8 heteroatoms. The zero-order valence-corrected chi connectivity index (χ0v) is 19.8. The van der Waals surface area contributed by atoms with Gasteiger partial charge in [0.1, 0.15) is 12.6 Å². The van der Waals surface area contributed by atoms with Crippen molar-refractivity contribution in [2.45, 2.75) is 45.7 Å². The number of amides is 3. The first-order valence-corrected chi connectivity index (χ1v) is 11.4. The van der Waals surface area contributed by atoms with Crippen LogP contribution in [0.3, 0.4) is 0 Å². The Bertz CT molecular complexity index is 1050. The molecular formula is C26H31N3O5. The highest BCUT2D eigenvalue weighted by Gasteiger charge is 2.34. The topological polar surface area (TPSA) is 105 Å². The van der Waals surface area contributed by atoms with Crippen molar-refractivity contribution in [3.63, 3.8) is 0 Å². The summed E-state index contributed by atoms with van der Waals surface area (Å²) in [6, 6.07) is 14.2. The Balaban J connectivity index is 1.66. The lowest BCUT2D eigenvalue weighted by atomic mass is 9.92. The van der Waals surface area contributed by atoms with Gasteiger partial charge in [-0.3, -0.25) is 19.2 Å². The van der Waals surface area contributed by atoms with Crippen molar-refractivity contribution in [1.82, 2.24) is 10.2 Å². The molecule has 3 rings (SSSR count). The number of nitrogens with one attached hydrogen (secondary N) is 2. The first-order valence-electron chi connectivity index (χ1n) is 11.4. The minimum Gasteiger partial charge on any atom is -0.468 e. The van der Waals surface area contributed by atoms with E-state index in [2.05, 4.69) is 15.4 Å². The standard InChI is InChI=1S/C26H31N3O5/c1-17(2)12-24(31)29-16-20-7-5-4-6-19(20)14-22(29)26(33)28-21-10-8-18(9-11-21)13-23(30)27-15-25(32)34-3/h4-11,17,22H,12-16H2,1-3H3,(H,27,30)(H,28,33). The SMILES string of the molecule is COC(=O)CNC(=O)Cc1ccc(NC(=O)C2Cc3ccccc3CN2C(=O)CC(C)C)cc1. The second-order valence-corrected chi connectivity index (χ2v) is 8.82. The molecule has 0 radical (unpaired) electrons. The second-order valence-electron chi connectivity index (χ2n) is 8.82. The number of ether oxygens (including phenoxy) is 1. The van der Waals surface area contributed by atoms with Crippen LogP contribution in [-0.2, 0) is 43.3 Å². The molecule has 0 fully saturated rings. The number of methoxy groups -OCH3 is 1. The molecule has 1 heterocycles. The maximum atomic E-state index is 13.2. The van der Waals surface area contributed by atoms with E-state index in [1.807, 2.05) is 38.1 Å². The van der Waals surface area contributed by atoms with Crippen LogP contribution in [0.25, 0.3) is 0 Å². The van der Waals surface area contributed by atoms with E-state index >= 15 is 0 Å². The van der Waals surface area contributed by atoms with Crippen LogP contribution in [0.5, 0.6) is 0 Å². The average Bonchev–Trinajstić information content (AvgIpc) is 2.82. The van der Waals surface area contributed by atoms with Crippen molar-refractivity contribution in [1.29, 1.82) is 0 Å². The summed E-state index contributed by atoms with van der Waals surface area (Å²) in [5.41, 5.74) is 3.46. The molecule has 180 valence electrons. The molecule has 0 saturated carbocycles. The molecule has 1 unspecified atom stereocenters. The van der Waals surface area contributed by atoms with Crippen LogP contribution in [0.2, 0.25) is 0 Å². The lowest BCUT2D eigenvalue weighted by molar-refractivity contribution is -0.141. The highest BCUT2D eigenvalue weighted by molar-refractivity contribution is 5.97. The predicted octanol–water partition coefficient (Wildman–Crippen LogP) is 2.46. The van der Waals surface area contributed by atoms with E-state index in [0.29, 0.717) is 25.1 Å². The van der Waals surface area contributed by atoms with Gasteiger partial charge >= 0.3 is 5.97 Å². The van der Waals surface area contributed by atoms with Gasteiger partial charge in [-0.05, 0) is 34.7 Å². The molecule has 1 atom stereocenters. The number of carbonyl (C=O) groups excluding carboxylic acids is 4. The van der Waals surface area contributed by atoms with Crippen LogP contribution in [0.1, 0.15) is 37.0 Å². The number of esters is 1. The highest BCUT2D eigenvalue weighted by Crippen LogP contribution is 2.26. The van der Waals surface area contributed by atoms with Crippen molar-refractivity contribution in [3.8, 4) is 0 Å². The minimum atomic E-state index is -0.593. The maximum Gasteiger partial charge on any atom is 0.325 e. The summed E-state index contributed by atoms with van der Waals surface area (Å²) in [7, 11) is 1.26. The van der Waals surface area contributed by atoms with E-state index in [4.69, 9.17) is 0 Å². The van der Waals surface area contributed by atoms with Gasteiger partial charge < -0.3 is 20.3 Å². The molecule has 2 N–H and O–H groups in total. The van der Waals surface area contributed by atoms with Gasteiger partial charge in [0.15, 0.2) is 0 Å². The third kappa shape index (κ3) is 6.66. The van der Waals surface area contributed by atoms with Gasteiger partial charge in [0.05, 0.1) is 13.5 Å². The van der Waals surface area contributed by atoms with Gasteiger partial charge in [-0.1, -0.05) is 50.2 Å². The van der Waals surface area contributed by atoms with E-state index in [0.717, 1.165) is 16.7 Å². The van der Waals surface area contributed by atoms with Crippen LogP contribution in [0, 0.1) is 5.92 Å². The van der Waals surface area contributed by atoms with Gasteiger partial charge in [0.2, 0.25) is 17.7 Å². The molecule has 0 aromatic heterocycles. The molecule has 2 aromatic rings. The molecule has 1 aliphatic heterocycles. The monoisotopic (exact) mass is 465 g/mol. The third-order valence-corrected chi connectivity index (χ3v) is 5.70. The van der Waals surface area contributed by atoms with Crippen LogP contribution < -0.4 is 10.6 Å². The Morgan fingerprint density at radius 2 is 1.71 bits per heavy atom. The molecule has 1 aliphatic rings. The summed E-state index contributed by atoms with van der Waals surface area (Å²) < 4.78 is 4.50. The fourth-order valence-corrected chi connectivity index (χ4v) is 3.91. The maximum absolute atomic E-state index is 13.2. The first-order chi connectivity index (χ1) is 16.3. The number of anilines is 1. The quantitative estimate of drug-likeness (QED) is 0.583. The zero-order valence-electron chi connectivity index (χ0n) is 19.8. The van der Waals surface area contributed by atoms with Crippen molar-refractivity contribution in [2.24, 2.45) is 5.92 Å².